The molecule has 2 fully saturated rings. The first-order valence-corrected chi connectivity index (χ1v) is 26.9. The standard InChI is InChI=1S/C64H68N6O/c1-37(2)45-23-15-24-46(38(3)4)57(45)55-35-67-63-51-31-43(33-65-61(51)59-49(41-19-11-9-12-20-41)27-17-29-53(59)69(55)63)71-44-32-52-62(66-34-44)60-50(42-21-13-10-14-22-42)28-18-30-54(60)70-56(36-68-64(52)70)58-47(39(5)6)25-16-26-48(58)40(7)8/h15-18,23-42H,9-14,19-22H2,1-8H3. The third-order valence-corrected chi connectivity index (χ3v) is 16.4. The van der Waals surface area contributed by atoms with E-state index in [2.05, 4.69) is 162 Å². The molecule has 0 aliphatic heterocycles. The van der Waals surface area contributed by atoms with E-state index in [-0.39, 0.29) is 0 Å². The summed E-state index contributed by atoms with van der Waals surface area (Å²) in [6, 6.07) is 31.8. The maximum Gasteiger partial charge on any atom is 0.147 e. The van der Waals surface area contributed by atoms with Crippen LogP contribution in [0.2, 0.25) is 0 Å². The molecule has 360 valence electrons. The Morgan fingerprint density at radius 3 is 1.17 bits per heavy atom. The predicted octanol–water partition coefficient (Wildman–Crippen LogP) is 18.1. The minimum atomic E-state index is 0.344. The van der Waals surface area contributed by atoms with Gasteiger partial charge in [-0.3, -0.25) is 18.8 Å². The topological polar surface area (TPSA) is 69.6 Å². The molecule has 6 heterocycles. The molecule has 0 atom stereocenters. The minimum absolute atomic E-state index is 0.344. The highest BCUT2D eigenvalue weighted by molar-refractivity contribution is 6.13. The normalized spacial score (nSPS) is 15.4. The molecule has 0 amide bonds. The lowest BCUT2D eigenvalue weighted by atomic mass is 9.82. The largest absolute Gasteiger partial charge is 0.454 e. The van der Waals surface area contributed by atoms with E-state index < -0.39 is 0 Å². The summed E-state index contributed by atoms with van der Waals surface area (Å²) in [7, 11) is 0. The Hall–Kier alpha value is -6.60. The Morgan fingerprint density at radius 2 is 0.803 bits per heavy atom. The van der Waals surface area contributed by atoms with Crippen LogP contribution in [0.4, 0.5) is 0 Å². The maximum absolute atomic E-state index is 7.00. The molecule has 10 aromatic rings. The van der Waals surface area contributed by atoms with Crippen LogP contribution in [0, 0.1) is 0 Å². The number of imidazole rings is 2. The van der Waals surface area contributed by atoms with E-state index in [1.165, 1.54) is 119 Å². The molecule has 0 saturated heterocycles. The van der Waals surface area contributed by atoms with Crippen molar-refractivity contribution >= 4 is 54.9 Å². The number of benzene rings is 4. The molecule has 71 heavy (non-hydrogen) atoms. The predicted molar refractivity (Wildman–Crippen MR) is 295 cm³/mol. The number of hydrogen-bond acceptors (Lipinski definition) is 5. The summed E-state index contributed by atoms with van der Waals surface area (Å²) in [6.45, 7) is 18.4. The number of ether oxygens (including phenoxy) is 1. The zero-order chi connectivity index (χ0) is 48.7. The first-order chi connectivity index (χ1) is 34.6. The monoisotopic (exact) mass is 937 g/mol. The molecule has 0 unspecified atom stereocenters. The molecule has 0 bridgehead atoms. The smallest absolute Gasteiger partial charge is 0.147 e. The Labute approximate surface area is 418 Å². The molecule has 2 aliphatic carbocycles. The number of rotatable bonds is 10. The van der Waals surface area contributed by atoms with Crippen LogP contribution in [-0.4, -0.2) is 28.7 Å². The van der Waals surface area contributed by atoms with Gasteiger partial charge in [0.25, 0.3) is 0 Å². The molecule has 6 aromatic heterocycles. The third kappa shape index (κ3) is 7.59. The lowest BCUT2D eigenvalue weighted by molar-refractivity contribution is 0.445. The van der Waals surface area contributed by atoms with Crippen LogP contribution in [0.5, 0.6) is 11.5 Å². The molecule has 0 N–H and O–H groups in total. The molecule has 2 aliphatic rings. The number of pyridine rings is 4. The van der Waals surface area contributed by atoms with Crippen LogP contribution in [0.15, 0.2) is 110 Å². The fourth-order valence-corrected chi connectivity index (χ4v) is 13.0. The van der Waals surface area contributed by atoms with Crippen molar-refractivity contribution in [1.29, 1.82) is 0 Å². The van der Waals surface area contributed by atoms with Crippen molar-refractivity contribution in [3.05, 3.63) is 143 Å². The quantitative estimate of drug-likeness (QED) is 0.128. The van der Waals surface area contributed by atoms with E-state index in [0.717, 1.165) is 55.5 Å². The molecule has 2 saturated carbocycles. The lowest BCUT2D eigenvalue weighted by Gasteiger charge is -2.25. The van der Waals surface area contributed by atoms with Gasteiger partial charge >= 0.3 is 0 Å². The highest BCUT2D eigenvalue weighted by Gasteiger charge is 2.28. The van der Waals surface area contributed by atoms with Crippen LogP contribution in [0.25, 0.3) is 77.4 Å². The van der Waals surface area contributed by atoms with Crippen LogP contribution < -0.4 is 4.74 Å². The second-order valence-corrected chi connectivity index (χ2v) is 22.2. The van der Waals surface area contributed by atoms with Gasteiger partial charge in [0.1, 0.15) is 22.8 Å². The van der Waals surface area contributed by atoms with Crippen molar-refractivity contribution in [2.24, 2.45) is 0 Å². The van der Waals surface area contributed by atoms with Crippen LogP contribution in [0.1, 0.15) is 188 Å². The summed E-state index contributed by atoms with van der Waals surface area (Å²) in [4.78, 5) is 21.4. The summed E-state index contributed by atoms with van der Waals surface area (Å²) in [5, 5.41) is 4.43. The van der Waals surface area contributed by atoms with E-state index in [1.54, 1.807) is 0 Å². The Morgan fingerprint density at radius 1 is 0.437 bits per heavy atom. The van der Waals surface area contributed by atoms with Gasteiger partial charge in [-0.15, -0.1) is 0 Å². The Kier molecular flexibility index (Phi) is 11.7. The highest BCUT2D eigenvalue weighted by Crippen LogP contribution is 2.46. The summed E-state index contributed by atoms with van der Waals surface area (Å²) >= 11 is 0. The van der Waals surface area contributed by atoms with Gasteiger partial charge in [0.05, 0.1) is 58.2 Å². The van der Waals surface area contributed by atoms with Crippen molar-refractivity contribution in [2.75, 3.05) is 0 Å². The Balaban J connectivity index is 1.08. The fraction of sp³-hybridized carbons (Fsp3) is 0.375. The zero-order valence-corrected chi connectivity index (χ0v) is 43.0. The Bertz CT molecular complexity index is 3380. The van der Waals surface area contributed by atoms with Gasteiger partial charge in [-0.05, 0) is 119 Å². The van der Waals surface area contributed by atoms with Crippen molar-refractivity contribution in [3.63, 3.8) is 0 Å². The third-order valence-electron chi connectivity index (χ3n) is 16.4. The maximum atomic E-state index is 7.00. The minimum Gasteiger partial charge on any atom is -0.454 e. The van der Waals surface area contributed by atoms with Gasteiger partial charge < -0.3 is 4.74 Å². The molecule has 7 heteroatoms. The van der Waals surface area contributed by atoms with Crippen molar-refractivity contribution < 1.29 is 4.74 Å². The van der Waals surface area contributed by atoms with Crippen molar-refractivity contribution in [3.8, 4) is 34.0 Å². The van der Waals surface area contributed by atoms with E-state index in [4.69, 9.17) is 24.7 Å². The van der Waals surface area contributed by atoms with E-state index in [9.17, 15) is 0 Å². The lowest BCUT2D eigenvalue weighted by Crippen LogP contribution is -2.07. The van der Waals surface area contributed by atoms with Crippen molar-refractivity contribution in [2.45, 2.75) is 155 Å². The second kappa shape index (κ2) is 18.2. The van der Waals surface area contributed by atoms with Gasteiger partial charge in [-0.1, -0.05) is 155 Å². The van der Waals surface area contributed by atoms with Crippen molar-refractivity contribution in [1.82, 2.24) is 28.7 Å². The highest BCUT2D eigenvalue weighted by atomic mass is 16.5. The van der Waals surface area contributed by atoms with E-state index in [0.29, 0.717) is 47.0 Å². The average Bonchev–Trinajstić information content (AvgIpc) is 4.05. The molecule has 0 radical (unpaired) electrons. The molecule has 4 aromatic carbocycles. The van der Waals surface area contributed by atoms with Crippen LogP contribution in [-0.2, 0) is 0 Å². The summed E-state index contributed by atoms with van der Waals surface area (Å²) < 4.78 is 11.9. The number of nitrogens with zero attached hydrogens (tertiary/aromatic N) is 6. The average molecular weight is 937 g/mol. The summed E-state index contributed by atoms with van der Waals surface area (Å²) in [5.41, 5.74) is 19.1. The molecule has 7 nitrogen and oxygen atoms in total. The number of hydrogen-bond donors (Lipinski definition) is 0. The van der Waals surface area contributed by atoms with Crippen LogP contribution in [0.3, 0.4) is 0 Å². The van der Waals surface area contributed by atoms with Gasteiger partial charge in [-0.25, -0.2) is 9.97 Å². The molecular weight excluding hydrogens is 869 g/mol. The molecular formula is C64H68N6O. The molecule has 0 spiro atoms. The van der Waals surface area contributed by atoms with Gasteiger partial charge in [0, 0.05) is 32.7 Å². The van der Waals surface area contributed by atoms with Gasteiger partial charge in [0.15, 0.2) is 0 Å². The van der Waals surface area contributed by atoms with Gasteiger partial charge in [0.2, 0.25) is 0 Å². The zero-order valence-electron chi connectivity index (χ0n) is 43.0. The fourth-order valence-electron chi connectivity index (χ4n) is 13.0. The summed E-state index contributed by atoms with van der Waals surface area (Å²) in [6.07, 6.45) is 20.5. The van der Waals surface area contributed by atoms with E-state index in [1.807, 2.05) is 12.4 Å². The van der Waals surface area contributed by atoms with Gasteiger partial charge in [-0.2, -0.15) is 0 Å². The van der Waals surface area contributed by atoms with Crippen LogP contribution >= 0.6 is 0 Å². The van der Waals surface area contributed by atoms with E-state index >= 15 is 0 Å². The summed E-state index contributed by atoms with van der Waals surface area (Å²) in [5.74, 6) is 3.66. The first-order valence-electron chi connectivity index (χ1n) is 26.9. The number of fused-ring (bicyclic) bond motifs is 12. The SMILES string of the molecule is CC(C)c1cccc(C(C)C)c1-c1cnc2c3cc(Oc4cnc5c(c4)c4ncc(-c6c(C(C)C)cccc6C(C)C)n4c4cccc(C6CCCCC6)c54)cnc3c3c(C4CCCCC4)cccc3n12. The molecule has 12 rings (SSSR count). The first kappa shape index (κ1) is 45.5. The number of aromatic nitrogens is 6. The second-order valence-electron chi connectivity index (χ2n) is 22.2.